The Morgan fingerprint density at radius 3 is 2.38 bits per heavy atom. The Hall–Kier alpha value is -2.28. The molecule has 0 saturated carbocycles. The van der Waals surface area contributed by atoms with E-state index in [1.165, 1.54) is 7.05 Å². The Labute approximate surface area is 126 Å². The topological polar surface area (TPSA) is 98.7 Å². The van der Waals surface area contributed by atoms with Gasteiger partial charge in [-0.05, 0) is 24.3 Å². The Morgan fingerprint density at radius 2 is 1.86 bits per heavy atom. The van der Waals surface area contributed by atoms with Crippen molar-refractivity contribution in [3.63, 3.8) is 0 Å². The molecule has 8 heteroatoms. The van der Waals surface area contributed by atoms with Crippen LogP contribution in [-0.2, 0) is 9.59 Å². The van der Waals surface area contributed by atoms with E-state index < -0.39 is 18.5 Å². The molecule has 0 aromatic heterocycles. The van der Waals surface area contributed by atoms with Gasteiger partial charge < -0.3 is 15.7 Å². The largest absolute Gasteiger partial charge is 0.480 e. The van der Waals surface area contributed by atoms with Crippen molar-refractivity contribution in [1.29, 1.82) is 0 Å². The normalized spacial score (nSPS) is 9.81. The molecule has 3 amide bonds. The van der Waals surface area contributed by atoms with Crippen LogP contribution in [0.1, 0.15) is 6.42 Å². The average Bonchev–Trinajstić information content (AvgIpc) is 2.45. The Bertz CT molecular complexity index is 519. The fourth-order valence-corrected chi connectivity index (χ4v) is 1.67. The van der Waals surface area contributed by atoms with E-state index in [2.05, 4.69) is 10.6 Å². The molecule has 0 aliphatic carbocycles. The Kier molecular flexibility index (Phi) is 6.48. The maximum Gasteiger partial charge on any atom is 0.323 e. The van der Waals surface area contributed by atoms with Gasteiger partial charge >= 0.3 is 12.0 Å². The van der Waals surface area contributed by atoms with Crippen molar-refractivity contribution in [2.45, 2.75) is 6.42 Å². The quantitative estimate of drug-likeness (QED) is 0.731. The van der Waals surface area contributed by atoms with Crippen molar-refractivity contribution in [2.75, 3.05) is 25.0 Å². The number of hydrogen-bond acceptors (Lipinski definition) is 3. The van der Waals surface area contributed by atoms with Gasteiger partial charge in [0.1, 0.15) is 6.54 Å². The first kappa shape index (κ1) is 16.8. The summed E-state index contributed by atoms with van der Waals surface area (Å²) in [5.74, 6) is -1.36. The first-order chi connectivity index (χ1) is 9.93. The number of benzene rings is 1. The van der Waals surface area contributed by atoms with Gasteiger partial charge in [0.05, 0.1) is 0 Å². The number of amides is 3. The second-order valence-corrected chi connectivity index (χ2v) is 4.55. The smallest absolute Gasteiger partial charge is 0.323 e. The summed E-state index contributed by atoms with van der Waals surface area (Å²) < 4.78 is 0. The van der Waals surface area contributed by atoms with Crippen molar-refractivity contribution in [2.24, 2.45) is 0 Å². The number of aliphatic carboxylic acids is 1. The van der Waals surface area contributed by atoms with Crippen LogP contribution in [0.25, 0.3) is 0 Å². The van der Waals surface area contributed by atoms with Crippen LogP contribution in [0.15, 0.2) is 24.3 Å². The fourth-order valence-electron chi connectivity index (χ4n) is 1.54. The van der Waals surface area contributed by atoms with E-state index in [1.54, 1.807) is 24.3 Å². The Morgan fingerprint density at radius 1 is 1.24 bits per heavy atom. The number of anilines is 1. The average molecular weight is 314 g/mol. The molecule has 1 aromatic carbocycles. The number of carboxylic acid groups (broad SMARTS) is 1. The number of halogens is 1. The molecule has 1 aromatic rings. The van der Waals surface area contributed by atoms with Crippen LogP contribution in [0.4, 0.5) is 10.5 Å². The van der Waals surface area contributed by atoms with Crippen LogP contribution in [0.3, 0.4) is 0 Å². The van der Waals surface area contributed by atoms with Crippen LogP contribution in [0.2, 0.25) is 5.02 Å². The lowest BCUT2D eigenvalue weighted by Gasteiger charge is -2.21. The van der Waals surface area contributed by atoms with Crippen molar-refractivity contribution >= 4 is 35.2 Å². The van der Waals surface area contributed by atoms with Crippen LogP contribution >= 0.6 is 11.6 Å². The molecular formula is C13H16ClN3O4. The van der Waals surface area contributed by atoms with E-state index in [-0.39, 0.29) is 18.9 Å². The number of urea groups is 1. The second kappa shape index (κ2) is 8.11. The molecule has 0 saturated heterocycles. The van der Waals surface area contributed by atoms with E-state index in [1.807, 2.05) is 0 Å². The highest BCUT2D eigenvalue weighted by atomic mass is 35.5. The third kappa shape index (κ3) is 5.70. The SMILES string of the molecule is CNC(=O)CCNC(=O)N(CC(=O)O)c1ccc(Cl)cc1. The Balaban J connectivity index is 2.72. The minimum atomic E-state index is -1.15. The van der Waals surface area contributed by atoms with E-state index in [9.17, 15) is 14.4 Å². The van der Waals surface area contributed by atoms with Gasteiger partial charge in [-0.2, -0.15) is 0 Å². The number of nitrogens with one attached hydrogen (secondary N) is 2. The molecule has 0 heterocycles. The molecule has 0 aliphatic heterocycles. The van der Waals surface area contributed by atoms with E-state index in [0.29, 0.717) is 10.7 Å². The number of rotatable bonds is 6. The third-order valence-electron chi connectivity index (χ3n) is 2.58. The summed E-state index contributed by atoms with van der Waals surface area (Å²) in [6, 6.07) is 5.61. The van der Waals surface area contributed by atoms with Gasteiger partial charge in [-0.25, -0.2) is 4.79 Å². The first-order valence-corrected chi connectivity index (χ1v) is 6.55. The van der Waals surface area contributed by atoms with E-state index >= 15 is 0 Å². The number of hydrogen-bond donors (Lipinski definition) is 3. The molecule has 0 atom stereocenters. The molecule has 0 unspecified atom stereocenters. The predicted octanol–water partition coefficient (Wildman–Crippen LogP) is 1.08. The monoisotopic (exact) mass is 313 g/mol. The van der Waals surface area contributed by atoms with Gasteiger partial charge in [0, 0.05) is 30.7 Å². The van der Waals surface area contributed by atoms with E-state index in [4.69, 9.17) is 16.7 Å². The minimum Gasteiger partial charge on any atom is -0.480 e. The highest BCUT2D eigenvalue weighted by molar-refractivity contribution is 6.30. The molecule has 114 valence electrons. The van der Waals surface area contributed by atoms with Gasteiger partial charge in [0.15, 0.2) is 0 Å². The summed E-state index contributed by atoms with van der Waals surface area (Å²) in [6.07, 6.45) is 0.115. The molecule has 7 nitrogen and oxygen atoms in total. The van der Waals surface area contributed by atoms with Gasteiger partial charge in [0.2, 0.25) is 5.91 Å². The highest BCUT2D eigenvalue weighted by Gasteiger charge is 2.18. The predicted molar refractivity (Wildman–Crippen MR) is 78.5 cm³/mol. The summed E-state index contributed by atoms with van der Waals surface area (Å²) in [6.45, 7) is -0.379. The zero-order valence-corrected chi connectivity index (χ0v) is 12.2. The lowest BCUT2D eigenvalue weighted by atomic mass is 10.3. The molecule has 21 heavy (non-hydrogen) atoms. The molecule has 3 N–H and O–H groups in total. The standard InChI is InChI=1S/C13H16ClN3O4/c1-15-11(18)6-7-16-13(21)17(8-12(19)20)10-4-2-9(14)3-5-10/h2-5H,6-8H2,1H3,(H,15,18)(H,16,21)(H,19,20). The van der Waals surface area contributed by atoms with Gasteiger partial charge in [-0.15, -0.1) is 0 Å². The third-order valence-corrected chi connectivity index (χ3v) is 2.84. The van der Waals surface area contributed by atoms with Crippen LogP contribution in [-0.4, -0.2) is 43.2 Å². The molecule has 0 aliphatic rings. The fraction of sp³-hybridized carbons (Fsp3) is 0.308. The number of carbonyl (C=O) groups is 3. The summed E-state index contributed by atoms with van der Waals surface area (Å²) in [5.41, 5.74) is 0.402. The summed E-state index contributed by atoms with van der Waals surface area (Å²) in [4.78, 5) is 35.0. The maximum atomic E-state index is 12.0. The number of carbonyl (C=O) groups excluding carboxylic acids is 2. The highest BCUT2D eigenvalue weighted by Crippen LogP contribution is 2.18. The molecule has 0 radical (unpaired) electrons. The minimum absolute atomic E-state index is 0.113. The lowest BCUT2D eigenvalue weighted by Crippen LogP contribution is -2.44. The molecule has 0 fully saturated rings. The zero-order valence-electron chi connectivity index (χ0n) is 11.4. The van der Waals surface area contributed by atoms with Crippen molar-refractivity contribution in [3.8, 4) is 0 Å². The van der Waals surface area contributed by atoms with E-state index in [0.717, 1.165) is 4.90 Å². The summed E-state index contributed by atoms with van der Waals surface area (Å²) in [7, 11) is 1.49. The molecular weight excluding hydrogens is 298 g/mol. The van der Waals surface area contributed by atoms with Crippen LogP contribution in [0, 0.1) is 0 Å². The molecule has 0 spiro atoms. The van der Waals surface area contributed by atoms with Crippen molar-refractivity contribution < 1.29 is 19.5 Å². The van der Waals surface area contributed by atoms with Crippen LogP contribution in [0.5, 0.6) is 0 Å². The first-order valence-electron chi connectivity index (χ1n) is 6.17. The molecule has 1 rings (SSSR count). The summed E-state index contributed by atoms with van der Waals surface area (Å²) in [5, 5.41) is 14.3. The van der Waals surface area contributed by atoms with Gasteiger partial charge in [0.25, 0.3) is 0 Å². The molecule has 0 bridgehead atoms. The number of carboxylic acids is 1. The van der Waals surface area contributed by atoms with Crippen LogP contribution < -0.4 is 15.5 Å². The summed E-state index contributed by atoms with van der Waals surface area (Å²) >= 11 is 5.76. The van der Waals surface area contributed by atoms with Gasteiger partial charge in [-0.3, -0.25) is 14.5 Å². The lowest BCUT2D eigenvalue weighted by molar-refractivity contribution is -0.135. The number of nitrogens with zero attached hydrogens (tertiary/aromatic N) is 1. The van der Waals surface area contributed by atoms with Crippen molar-refractivity contribution in [3.05, 3.63) is 29.3 Å². The zero-order chi connectivity index (χ0) is 15.8. The van der Waals surface area contributed by atoms with Gasteiger partial charge in [-0.1, -0.05) is 11.6 Å². The second-order valence-electron chi connectivity index (χ2n) is 4.11. The maximum absolute atomic E-state index is 12.0. The van der Waals surface area contributed by atoms with Crippen molar-refractivity contribution in [1.82, 2.24) is 10.6 Å².